The lowest BCUT2D eigenvalue weighted by molar-refractivity contribution is 0.1000. The number of carbonyl (C=O) groups is 2. The van der Waals surface area contributed by atoms with Gasteiger partial charge in [-0.15, -0.1) is 11.3 Å². The van der Waals surface area contributed by atoms with Crippen LogP contribution in [-0.2, 0) is 22.8 Å². The number of thiophene rings is 1. The van der Waals surface area contributed by atoms with Gasteiger partial charge in [0.25, 0.3) is 11.8 Å². The average molecular weight is 408 g/mol. The summed E-state index contributed by atoms with van der Waals surface area (Å²) in [4.78, 5) is 28.0. The highest BCUT2D eigenvalue weighted by atomic mass is 32.2. The lowest BCUT2D eigenvalue weighted by atomic mass is 10.0. The number of amides is 2. The first-order chi connectivity index (χ1) is 12.7. The maximum absolute atomic E-state index is 12.6. The van der Waals surface area contributed by atoms with E-state index in [4.69, 9.17) is 5.73 Å². The number of likely N-dealkylation sites (N-methyl/N-ethyl adjacent to an activating group) is 1. The Morgan fingerprint density at radius 2 is 2.07 bits per heavy atom. The minimum Gasteiger partial charge on any atom is -0.365 e. The minimum absolute atomic E-state index is 0.0642. The molecule has 2 amide bonds. The van der Waals surface area contributed by atoms with E-state index >= 15 is 0 Å². The average Bonchev–Trinajstić information content (AvgIpc) is 2.97. The molecule has 0 saturated carbocycles. The predicted molar refractivity (Wildman–Crippen MR) is 105 cm³/mol. The molecular formula is C18H21N3O4S2. The molecular weight excluding hydrogens is 386 g/mol. The first-order valence-electron chi connectivity index (χ1n) is 8.49. The molecule has 0 saturated heterocycles. The van der Waals surface area contributed by atoms with Crippen molar-refractivity contribution in [1.82, 2.24) is 4.90 Å². The molecule has 0 radical (unpaired) electrons. The van der Waals surface area contributed by atoms with Gasteiger partial charge in [0.05, 0.1) is 10.5 Å². The van der Waals surface area contributed by atoms with Crippen LogP contribution in [0.4, 0.5) is 5.00 Å². The van der Waals surface area contributed by atoms with Crippen LogP contribution in [0.3, 0.4) is 0 Å². The summed E-state index contributed by atoms with van der Waals surface area (Å²) in [6, 6.07) is 5.80. The third-order valence-corrected chi connectivity index (χ3v) is 6.82. The van der Waals surface area contributed by atoms with E-state index in [0.717, 1.165) is 36.3 Å². The second kappa shape index (κ2) is 7.41. The Labute approximate surface area is 162 Å². The van der Waals surface area contributed by atoms with Crippen molar-refractivity contribution < 1.29 is 18.0 Å². The lowest BCUT2D eigenvalue weighted by Gasteiger charge is -2.25. The van der Waals surface area contributed by atoms with Gasteiger partial charge >= 0.3 is 0 Å². The van der Waals surface area contributed by atoms with Crippen molar-refractivity contribution >= 4 is 38.0 Å². The van der Waals surface area contributed by atoms with Crippen LogP contribution >= 0.6 is 11.3 Å². The second-order valence-electron chi connectivity index (χ2n) is 6.45. The van der Waals surface area contributed by atoms with E-state index in [1.807, 2.05) is 0 Å². The Hall–Kier alpha value is -2.23. The number of anilines is 1. The number of carbonyl (C=O) groups excluding carboxylic acids is 2. The van der Waals surface area contributed by atoms with Gasteiger partial charge < -0.3 is 11.1 Å². The summed E-state index contributed by atoms with van der Waals surface area (Å²) in [5.41, 5.74) is 7.03. The van der Waals surface area contributed by atoms with E-state index in [1.54, 1.807) is 0 Å². The molecule has 1 aromatic carbocycles. The van der Waals surface area contributed by atoms with Gasteiger partial charge in [-0.3, -0.25) is 14.5 Å². The molecule has 0 spiro atoms. The zero-order valence-corrected chi connectivity index (χ0v) is 16.7. The molecule has 0 atom stereocenters. The molecule has 0 bridgehead atoms. The van der Waals surface area contributed by atoms with Crippen LogP contribution in [0.1, 0.15) is 38.1 Å². The number of rotatable bonds is 5. The maximum Gasteiger partial charge on any atom is 0.256 e. The predicted octanol–water partition coefficient (Wildman–Crippen LogP) is 1.88. The molecule has 144 valence electrons. The molecule has 7 nitrogen and oxygen atoms in total. The maximum atomic E-state index is 12.6. The van der Waals surface area contributed by atoms with Gasteiger partial charge in [-0.05, 0) is 36.7 Å². The fourth-order valence-electron chi connectivity index (χ4n) is 3.12. The van der Waals surface area contributed by atoms with Crippen LogP contribution in [0.2, 0.25) is 0 Å². The standard InChI is InChI=1S/C18H21N3O4S2/c1-3-21-8-7-13-14(10-21)26-18(15(13)16(19)22)20-17(23)11-5-4-6-12(9-11)27(2,24)25/h4-6,9H,3,7-8,10H2,1-2H3,(H2,19,22)(H,20,23). The van der Waals surface area contributed by atoms with Gasteiger partial charge in [0.1, 0.15) is 5.00 Å². The van der Waals surface area contributed by atoms with Crippen molar-refractivity contribution in [2.75, 3.05) is 24.7 Å². The molecule has 2 aromatic rings. The lowest BCUT2D eigenvalue weighted by Crippen LogP contribution is -2.30. The van der Waals surface area contributed by atoms with Crippen molar-refractivity contribution in [3.63, 3.8) is 0 Å². The Bertz CT molecular complexity index is 1010. The van der Waals surface area contributed by atoms with Gasteiger partial charge in [0.15, 0.2) is 9.84 Å². The van der Waals surface area contributed by atoms with Crippen LogP contribution in [0.15, 0.2) is 29.2 Å². The summed E-state index contributed by atoms with van der Waals surface area (Å²) >= 11 is 1.35. The Morgan fingerprint density at radius 1 is 1.33 bits per heavy atom. The van der Waals surface area contributed by atoms with Crippen LogP contribution in [0, 0.1) is 0 Å². The smallest absolute Gasteiger partial charge is 0.256 e. The quantitative estimate of drug-likeness (QED) is 0.786. The van der Waals surface area contributed by atoms with E-state index in [0.29, 0.717) is 17.0 Å². The molecule has 27 heavy (non-hydrogen) atoms. The number of nitrogens with one attached hydrogen (secondary N) is 1. The van der Waals surface area contributed by atoms with Crippen molar-refractivity contribution in [3.8, 4) is 0 Å². The Balaban J connectivity index is 1.93. The molecule has 0 fully saturated rings. The Morgan fingerprint density at radius 3 is 2.70 bits per heavy atom. The number of nitrogens with two attached hydrogens (primary N) is 1. The fraction of sp³-hybridized carbons (Fsp3) is 0.333. The third kappa shape index (κ3) is 4.05. The molecule has 3 rings (SSSR count). The van der Waals surface area contributed by atoms with E-state index in [1.165, 1.54) is 35.6 Å². The molecule has 0 unspecified atom stereocenters. The van der Waals surface area contributed by atoms with E-state index in [9.17, 15) is 18.0 Å². The number of primary amides is 1. The molecule has 3 N–H and O–H groups in total. The zero-order valence-electron chi connectivity index (χ0n) is 15.1. The van der Waals surface area contributed by atoms with E-state index in [-0.39, 0.29) is 10.5 Å². The van der Waals surface area contributed by atoms with Crippen molar-refractivity contribution in [3.05, 3.63) is 45.8 Å². The van der Waals surface area contributed by atoms with Crippen LogP contribution in [0.5, 0.6) is 0 Å². The van der Waals surface area contributed by atoms with E-state index in [2.05, 4.69) is 17.1 Å². The monoisotopic (exact) mass is 407 g/mol. The summed E-state index contributed by atoms with van der Waals surface area (Å²) in [7, 11) is -3.42. The molecule has 0 aliphatic carbocycles. The summed E-state index contributed by atoms with van der Waals surface area (Å²) in [5, 5.41) is 3.16. The Kier molecular flexibility index (Phi) is 5.36. The first kappa shape index (κ1) is 19.5. The number of sulfone groups is 1. The highest BCUT2D eigenvalue weighted by molar-refractivity contribution is 7.90. The topological polar surface area (TPSA) is 110 Å². The summed E-state index contributed by atoms with van der Waals surface area (Å²) in [5.74, 6) is -1.05. The van der Waals surface area contributed by atoms with Crippen molar-refractivity contribution in [1.29, 1.82) is 0 Å². The number of benzene rings is 1. The molecule has 1 aliphatic rings. The number of nitrogens with zero attached hydrogens (tertiary/aromatic N) is 1. The minimum atomic E-state index is -3.42. The summed E-state index contributed by atoms with van der Waals surface area (Å²) in [6.45, 7) is 4.54. The number of fused-ring (bicyclic) bond motifs is 1. The second-order valence-corrected chi connectivity index (χ2v) is 9.57. The van der Waals surface area contributed by atoms with Gasteiger partial charge in [-0.1, -0.05) is 13.0 Å². The van der Waals surface area contributed by atoms with Crippen molar-refractivity contribution in [2.24, 2.45) is 5.73 Å². The van der Waals surface area contributed by atoms with E-state index < -0.39 is 21.7 Å². The molecule has 9 heteroatoms. The van der Waals surface area contributed by atoms with Gasteiger partial charge in [0.2, 0.25) is 0 Å². The van der Waals surface area contributed by atoms with Gasteiger partial charge in [0, 0.05) is 29.8 Å². The van der Waals surface area contributed by atoms with Crippen LogP contribution in [0.25, 0.3) is 0 Å². The third-order valence-electron chi connectivity index (χ3n) is 4.58. The fourth-order valence-corrected chi connectivity index (χ4v) is 5.08. The highest BCUT2D eigenvalue weighted by Crippen LogP contribution is 2.37. The molecule has 2 heterocycles. The first-order valence-corrected chi connectivity index (χ1v) is 11.2. The SMILES string of the molecule is CCN1CCc2c(sc(NC(=O)c3cccc(S(C)(=O)=O)c3)c2C(N)=O)C1. The van der Waals surface area contributed by atoms with Gasteiger partial charge in [-0.25, -0.2) is 8.42 Å². The largest absolute Gasteiger partial charge is 0.365 e. The zero-order chi connectivity index (χ0) is 19.8. The normalized spacial score (nSPS) is 14.6. The van der Waals surface area contributed by atoms with Crippen molar-refractivity contribution in [2.45, 2.75) is 24.8 Å². The number of hydrogen-bond donors (Lipinski definition) is 2. The molecule has 1 aromatic heterocycles. The molecule has 1 aliphatic heterocycles. The summed E-state index contributed by atoms with van der Waals surface area (Å²) in [6.07, 6.45) is 1.79. The van der Waals surface area contributed by atoms with Gasteiger partial charge in [-0.2, -0.15) is 0 Å². The number of hydrogen-bond acceptors (Lipinski definition) is 6. The summed E-state index contributed by atoms with van der Waals surface area (Å²) < 4.78 is 23.4. The van der Waals surface area contributed by atoms with Crippen LogP contribution < -0.4 is 11.1 Å². The van der Waals surface area contributed by atoms with Crippen LogP contribution in [-0.4, -0.2) is 44.5 Å². The highest BCUT2D eigenvalue weighted by Gasteiger charge is 2.27.